The zero-order valence-electron chi connectivity index (χ0n) is 11.4. The third kappa shape index (κ3) is 2.64. The second kappa shape index (κ2) is 6.19. The van der Waals surface area contributed by atoms with E-state index < -0.39 is 11.6 Å². The van der Waals surface area contributed by atoms with Crippen molar-refractivity contribution >= 4 is 11.7 Å². The van der Waals surface area contributed by atoms with Gasteiger partial charge in [-0.25, -0.2) is 4.79 Å². The van der Waals surface area contributed by atoms with Crippen molar-refractivity contribution in [3.8, 4) is 0 Å². The van der Waals surface area contributed by atoms with E-state index in [0.717, 1.165) is 7.11 Å². The van der Waals surface area contributed by atoms with Crippen molar-refractivity contribution in [3.63, 3.8) is 0 Å². The molecule has 2 N–H and O–H groups in total. The van der Waals surface area contributed by atoms with Crippen molar-refractivity contribution in [2.24, 2.45) is 5.16 Å². The second-order valence-electron chi connectivity index (χ2n) is 4.38. The fourth-order valence-corrected chi connectivity index (χ4v) is 2.11. The normalized spacial score (nSPS) is 14.3. The molecule has 5 nitrogen and oxygen atoms in total. The Kier molecular flexibility index (Phi) is 4.35. The number of ether oxygens (including phenoxy) is 1. The maximum absolute atomic E-state index is 12.1. The molecule has 0 spiro atoms. The molecular formula is C16H15NO4. The summed E-state index contributed by atoms with van der Waals surface area (Å²) in [5, 5.41) is 23.4. The number of hydrogen-bond acceptors (Lipinski definition) is 5. The zero-order valence-corrected chi connectivity index (χ0v) is 11.4. The highest BCUT2D eigenvalue weighted by molar-refractivity contribution is 6.18. The minimum Gasteiger partial charge on any atom is -0.466 e. The van der Waals surface area contributed by atoms with E-state index in [1.54, 1.807) is 60.7 Å². The number of methoxy groups -OCH3 is 1. The Morgan fingerprint density at radius 1 is 1.05 bits per heavy atom. The van der Waals surface area contributed by atoms with Gasteiger partial charge >= 0.3 is 5.97 Å². The number of aliphatic hydroxyl groups is 1. The Labute approximate surface area is 122 Å². The van der Waals surface area contributed by atoms with Crippen LogP contribution < -0.4 is 0 Å². The minimum absolute atomic E-state index is 0.193. The molecule has 0 bridgehead atoms. The van der Waals surface area contributed by atoms with Crippen molar-refractivity contribution in [1.29, 1.82) is 0 Å². The molecule has 0 amide bonds. The van der Waals surface area contributed by atoms with Crippen molar-refractivity contribution in [3.05, 3.63) is 71.8 Å². The SMILES string of the molecule is COC(=O)C(O)(/C(=N\O)c1ccccc1)c1ccccc1. The molecule has 5 heteroatoms. The highest BCUT2D eigenvalue weighted by atomic mass is 16.5. The fourth-order valence-electron chi connectivity index (χ4n) is 2.11. The Morgan fingerprint density at radius 2 is 1.57 bits per heavy atom. The molecule has 0 aliphatic heterocycles. The first-order chi connectivity index (χ1) is 10.1. The van der Waals surface area contributed by atoms with E-state index in [0.29, 0.717) is 5.56 Å². The van der Waals surface area contributed by atoms with Crippen LogP contribution in [0, 0.1) is 0 Å². The van der Waals surface area contributed by atoms with E-state index in [2.05, 4.69) is 5.16 Å². The molecule has 0 saturated heterocycles. The van der Waals surface area contributed by atoms with Gasteiger partial charge in [-0.3, -0.25) is 0 Å². The molecule has 2 aromatic rings. The molecule has 0 aliphatic rings. The van der Waals surface area contributed by atoms with Crippen LogP contribution in [0.4, 0.5) is 0 Å². The molecule has 1 unspecified atom stereocenters. The fraction of sp³-hybridized carbons (Fsp3) is 0.125. The van der Waals surface area contributed by atoms with Crippen LogP contribution in [-0.2, 0) is 15.1 Å². The van der Waals surface area contributed by atoms with Gasteiger partial charge in [0.2, 0.25) is 5.60 Å². The average Bonchev–Trinajstić information content (AvgIpc) is 2.56. The first-order valence-electron chi connectivity index (χ1n) is 6.29. The summed E-state index contributed by atoms with van der Waals surface area (Å²) in [5.74, 6) is -0.926. The molecule has 108 valence electrons. The number of benzene rings is 2. The number of oxime groups is 1. The van der Waals surface area contributed by atoms with E-state index >= 15 is 0 Å². The zero-order chi connectivity index (χ0) is 15.3. The van der Waals surface area contributed by atoms with Crippen LogP contribution in [0.3, 0.4) is 0 Å². The maximum Gasteiger partial charge on any atom is 0.349 e. The van der Waals surface area contributed by atoms with E-state index in [9.17, 15) is 15.1 Å². The Bertz CT molecular complexity index is 640. The van der Waals surface area contributed by atoms with Gasteiger partial charge in [0, 0.05) is 11.1 Å². The first kappa shape index (κ1) is 14.7. The lowest BCUT2D eigenvalue weighted by Gasteiger charge is -2.26. The molecule has 21 heavy (non-hydrogen) atoms. The summed E-state index contributed by atoms with van der Waals surface area (Å²) in [7, 11) is 1.16. The molecule has 2 rings (SSSR count). The predicted molar refractivity (Wildman–Crippen MR) is 77.1 cm³/mol. The molecule has 0 heterocycles. The summed E-state index contributed by atoms with van der Waals surface area (Å²) in [6.45, 7) is 0. The third-order valence-corrected chi connectivity index (χ3v) is 3.16. The Balaban J connectivity index is 2.63. The van der Waals surface area contributed by atoms with E-state index in [-0.39, 0.29) is 11.3 Å². The van der Waals surface area contributed by atoms with Gasteiger partial charge in [0.15, 0.2) is 0 Å². The van der Waals surface area contributed by atoms with Crippen LogP contribution in [0.15, 0.2) is 65.8 Å². The highest BCUT2D eigenvalue weighted by Crippen LogP contribution is 2.28. The van der Waals surface area contributed by atoms with Crippen molar-refractivity contribution < 1.29 is 19.8 Å². The summed E-state index contributed by atoms with van der Waals surface area (Å²) >= 11 is 0. The van der Waals surface area contributed by atoms with Gasteiger partial charge in [-0.05, 0) is 0 Å². The molecule has 1 atom stereocenters. The molecule has 0 aromatic heterocycles. The van der Waals surface area contributed by atoms with Crippen LogP contribution >= 0.6 is 0 Å². The van der Waals surface area contributed by atoms with Crippen molar-refractivity contribution in [1.82, 2.24) is 0 Å². The molecule has 0 aliphatic carbocycles. The largest absolute Gasteiger partial charge is 0.466 e. The molecule has 2 aromatic carbocycles. The Hall–Kier alpha value is -2.66. The number of rotatable bonds is 4. The summed E-state index contributed by atoms with van der Waals surface area (Å²) in [6, 6.07) is 16.7. The van der Waals surface area contributed by atoms with Crippen LogP contribution in [0.25, 0.3) is 0 Å². The van der Waals surface area contributed by atoms with Gasteiger partial charge in [0.05, 0.1) is 7.11 Å². The molecule has 0 saturated carbocycles. The van der Waals surface area contributed by atoms with Gasteiger partial charge < -0.3 is 15.1 Å². The summed E-state index contributed by atoms with van der Waals surface area (Å²) in [6.07, 6.45) is 0. The topological polar surface area (TPSA) is 79.1 Å². The lowest BCUT2D eigenvalue weighted by atomic mass is 9.85. The van der Waals surface area contributed by atoms with Crippen LogP contribution in [0.5, 0.6) is 0 Å². The highest BCUT2D eigenvalue weighted by Gasteiger charge is 2.45. The Morgan fingerprint density at radius 3 is 2.05 bits per heavy atom. The van der Waals surface area contributed by atoms with Gasteiger partial charge in [-0.2, -0.15) is 0 Å². The monoisotopic (exact) mass is 285 g/mol. The van der Waals surface area contributed by atoms with E-state index in [4.69, 9.17) is 4.74 Å². The molecule has 0 fully saturated rings. The standard InChI is InChI=1S/C16H15NO4/c1-21-15(18)16(19,13-10-6-3-7-11-13)14(17-20)12-8-4-2-5-9-12/h2-11,19-20H,1H3/b17-14-. The summed E-state index contributed by atoms with van der Waals surface area (Å²) < 4.78 is 4.69. The van der Waals surface area contributed by atoms with Crippen LogP contribution in [-0.4, -0.2) is 29.1 Å². The molecular weight excluding hydrogens is 270 g/mol. The smallest absolute Gasteiger partial charge is 0.349 e. The first-order valence-corrected chi connectivity index (χ1v) is 6.29. The van der Waals surface area contributed by atoms with Crippen molar-refractivity contribution in [2.75, 3.05) is 7.11 Å². The molecule has 0 radical (unpaired) electrons. The van der Waals surface area contributed by atoms with Crippen LogP contribution in [0.1, 0.15) is 11.1 Å². The van der Waals surface area contributed by atoms with E-state index in [1.807, 2.05) is 0 Å². The number of esters is 1. The number of nitrogens with zero attached hydrogens (tertiary/aromatic N) is 1. The minimum atomic E-state index is -2.19. The summed E-state index contributed by atoms with van der Waals surface area (Å²) in [5.41, 5.74) is -1.71. The quantitative estimate of drug-likeness (QED) is 0.389. The number of carbonyl (C=O) groups excluding carboxylic acids is 1. The third-order valence-electron chi connectivity index (χ3n) is 3.16. The lowest BCUT2D eigenvalue weighted by Crippen LogP contribution is -2.45. The number of carbonyl (C=O) groups is 1. The van der Waals surface area contributed by atoms with Crippen LogP contribution in [0.2, 0.25) is 0 Å². The predicted octanol–water partition coefficient (Wildman–Crippen LogP) is 1.93. The number of hydrogen-bond donors (Lipinski definition) is 2. The van der Waals surface area contributed by atoms with E-state index in [1.165, 1.54) is 0 Å². The summed E-state index contributed by atoms with van der Waals surface area (Å²) in [4.78, 5) is 12.1. The van der Waals surface area contributed by atoms with Gasteiger partial charge in [0.1, 0.15) is 5.71 Å². The second-order valence-corrected chi connectivity index (χ2v) is 4.38. The maximum atomic E-state index is 12.1. The average molecular weight is 285 g/mol. The van der Waals surface area contributed by atoms with Gasteiger partial charge in [-0.15, -0.1) is 0 Å². The lowest BCUT2D eigenvalue weighted by molar-refractivity contribution is -0.156. The van der Waals surface area contributed by atoms with Crippen molar-refractivity contribution in [2.45, 2.75) is 5.60 Å². The van der Waals surface area contributed by atoms with Gasteiger partial charge in [0.25, 0.3) is 0 Å². The van der Waals surface area contributed by atoms with Gasteiger partial charge in [-0.1, -0.05) is 65.8 Å².